The highest BCUT2D eigenvalue weighted by Gasteiger charge is 2.25. The fraction of sp³-hybridized carbons (Fsp3) is 0.412. The highest BCUT2D eigenvalue weighted by molar-refractivity contribution is 5.66. The number of aryl methyl sites for hydroxylation is 1. The first-order valence-corrected chi connectivity index (χ1v) is 7.84. The Bertz CT molecular complexity index is 696. The molecule has 0 unspecified atom stereocenters. The molecule has 1 N–H and O–H groups in total. The number of benzene rings is 1. The van der Waals surface area contributed by atoms with Gasteiger partial charge in [0.15, 0.2) is 5.82 Å². The maximum absolute atomic E-state index is 10.1. The third-order valence-electron chi connectivity index (χ3n) is 4.37. The zero-order valence-corrected chi connectivity index (χ0v) is 12.5. The van der Waals surface area contributed by atoms with Crippen molar-refractivity contribution < 1.29 is 9.84 Å². The van der Waals surface area contributed by atoms with Crippen molar-refractivity contribution in [3.05, 3.63) is 35.5 Å². The molecule has 5 heteroatoms. The van der Waals surface area contributed by atoms with Gasteiger partial charge in [-0.2, -0.15) is 0 Å². The van der Waals surface area contributed by atoms with Gasteiger partial charge in [0, 0.05) is 24.3 Å². The molecule has 0 bridgehead atoms. The SMILES string of the molecule is Oc1ccccc1-c1nc2c(c(N3CCOCC3)n1)CCC2. The number of hydrogen-bond donors (Lipinski definition) is 1. The lowest BCUT2D eigenvalue weighted by molar-refractivity contribution is 0.122. The summed E-state index contributed by atoms with van der Waals surface area (Å²) in [5.41, 5.74) is 3.11. The first kappa shape index (κ1) is 13.5. The number of ether oxygens (including phenoxy) is 1. The van der Waals surface area contributed by atoms with E-state index in [1.165, 1.54) is 5.56 Å². The molecular formula is C17H19N3O2. The molecule has 2 aliphatic rings. The summed E-state index contributed by atoms with van der Waals surface area (Å²) < 4.78 is 5.45. The minimum Gasteiger partial charge on any atom is -0.507 e. The summed E-state index contributed by atoms with van der Waals surface area (Å²) in [4.78, 5) is 11.8. The van der Waals surface area contributed by atoms with Crippen LogP contribution in [0.15, 0.2) is 24.3 Å². The van der Waals surface area contributed by atoms with Crippen LogP contribution in [0.2, 0.25) is 0 Å². The lowest BCUT2D eigenvalue weighted by Crippen LogP contribution is -2.37. The third-order valence-corrected chi connectivity index (χ3v) is 4.37. The Kier molecular flexibility index (Phi) is 3.42. The molecule has 1 fully saturated rings. The highest BCUT2D eigenvalue weighted by Crippen LogP contribution is 2.34. The molecule has 0 spiro atoms. The average Bonchev–Trinajstić information content (AvgIpc) is 3.03. The van der Waals surface area contributed by atoms with Gasteiger partial charge in [-0.3, -0.25) is 0 Å². The van der Waals surface area contributed by atoms with Crippen LogP contribution in [0.4, 0.5) is 5.82 Å². The summed E-state index contributed by atoms with van der Waals surface area (Å²) in [6.07, 6.45) is 3.17. The summed E-state index contributed by atoms with van der Waals surface area (Å²) in [5.74, 6) is 1.89. The van der Waals surface area contributed by atoms with Gasteiger partial charge >= 0.3 is 0 Å². The van der Waals surface area contributed by atoms with Gasteiger partial charge in [-0.15, -0.1) is 0 Å². The van der Waals surface area contributed by atoms with Gasteiger partial charge in [-0.1, -0.05) is 12.1 Å². The second-order valence-electron chi connectivity index (χ2n) is 5.77. The van der Waals surface area contributed by atoms with Gasteiger partial charge in [0.05, 0.1) is 18.8 Å². The van der Waals surface area contributed by atoms with Gasteiger partial charge in [0.1, 0.15) is 11.6 Å². The normalized spacial score (nSPS) is 17.5. The fourth-order valence-corrected chi connectivity index (χ4v) is 3.23. The molecule has 0 amide bonds. The lowest BCUT2D eigenvalue weighted by atomic mass is 10.1. The van der Waals surface area contributed by atoms with Crippen molar-refractivity contribution in [3.63, 3.8) is 0 Å². The lowest BCUT2D eigenvalue weighted by Gasteiger charge is -2.29. The van der Waals surface area contributed by atoms with Gasteiger partial charge in [0.2, 0.25) is 0 Å². The van der Waals surface area contributed by atoms with Crippen LogP contribution in [0.25, 0.3) is 11.4 Å². The van der Waals surface area contributed by atoms with Crippen LogP contribution < -0.4 is 4.90 Å². The number of rotatable bonds is 2. The van der Waals surface area contributed by atoms with Crippen molar-refractivity contribution in [1.29, 1.82) is 0 Å². The molecule has 22 heavy (non-hydrogen) atoms. The van der Waals surface area contributed by atoms with E-state index in [0.29, 0.717) is 11.4 Å². The van der Waals surface area contributed by atoms with Gasteiger partial charge in [-0.25, -0.2) is 9.97 Å². The first-order chi connectivity index (χ1) is 10.8. The third kappa shape index (κ3) is 2.31. The maximum Gasteiger partial charge on any atom is 0.165 e. The second-order valence-corrected chi connectivity index (χ2v) is 5.77. The molecule has 1 aliphatic carbocycles. The standard InChI is InChI=1S/C17H19N3O2/c21-15-7-2-1-4-13(15)16-18-14-6-3-5-12(14)17(19-16)20-8-10-22-11-9-20/h1-2,4,7,21H,3,5-6,8-11H2. The van der Waals surface area contributed by atoms with Crippen LogP contribution in [0, 0.1) is 0 Å². The molecule has 2 heterocycles. The van der Waals surface area contributed by atoms with Crippen molar-refractivity contribution in [3.8, 4) is 17.1 Å². The number of nitrogens with zero attached hydrogens (tertiary/aromatic N) is 3. The zero-order valence-electron chi connectivity index (χ0n) is 12.5. The molecule has 114 valence electrons. The summed E-state index contributed by atoms with van der Waals surface area (Å²) in [5, 5.41) is 10.1. The topological polar surface area (TPSA) is 58.5 Å². The van der Waals surface area contributed by atoms with Crippen molar-refractivity contribution in [2.24, 2.45) is 0 Å². The Balaban J connectivity index is 1.82. The van der Waals surface area contributed by atoms with E-state index in [-0.39, 0.29) is 5.75 Å². The second kappa shape index (κ2) is 5.57. The van der Waals surface area contributed by atoms with Crippen molar-refractivity contribution >= 4 is 5.82 Å². The largest absolute Gasteiger partial charge is 0.507 e. The molecule has 4 rings (SSSR count). The maximum atomic E-state index is 10.1. The molecule has 1 saturated heterocycles. The van der Waals surface area contributed by atoms with Crippen LogP contribution in [0.5, 0.6) is 5.75 Å². The molecule has 2 aromatic rings. The van der Waals surface area contributed by atoms with Crippen LogP contribution in [0.3, 0.4) is 0 Å². The Labute approximate surface area is 129 Å². The van der Waals surface area contributed by atoms with Crippen LogP contribution in [-0.2, 0) is 17.6 Å². The number of phenolic OH excluding ortho intramolecular Hbond substituents is 1. The summed E-state index contributed by atoms with van der Waals surface area (Å²) in [6, 6.07) is 7.27. The van der Waals surface area contributed by atoms with E-state index in [4.69, 9.17) is 14.7 Å². The molecule has 5 nitrogen and oxygen atoms in total. The first-order valence-electron chi connectivity index (χ1n) is 7.84. The number of fused-ring (bicyclic) bond motifs is 1. The fourth-order valence-electron chi connectivity index (χ4n) is 3.23. The molecular weight excluding hydrogens is 278 g/mol. The van der Waals surface area contributed by atoms with Gasteiger partial charge in [0.25, 0.3) is 0 Å². The molecule has 1 aromatic carbocycles. The van der Waals surface area contributed by atoms with E-state index in [1.54, 1.807) is 6.07 Å². The molecule has 1 aliphatic heterocycles. The average molecular weight is 297 g/mol. The Morgan fingerprint density at radius 2 is 1.86 bits per heavy atom. The van der Waals surface area contributed by atoms with Crippen molar-refractivity contribution in [2.45, 2.75) is 19.3 Å². The molecule has 0 saturated carbocycles. The molecule has 0 atom stereocenters. The van der Waals surface area contributed by atoms with E-state index < -0.39 is 0 Å². The van der Waals surface area contributed by atoms with E-state index in [9.17, 15) is 5.11 Å². The smallest absolute Gasteiger partial charge is 0.165 e. The van der Waals surface area contributed by atoms with Crippen LogP contribution in [-0.4, -0.2) is 41.4 Å². The number of anilines is 1. The monoisotopic (exact) mass is 297 g/mol. The predicted octanol–water partition coefficient (Wildman–Crippen LogP) is 2.17. The summed E-state index contributed by atoms with van der Waals surface area (Å²) in [6.45, 7) is 3.21. The van der Waals surface area contributed by atoms with E-state index in [0.717, 1.165) is 57.1 Å². The number of para-hydroxylation sites is 1. The number of phenols is 1. The van der Waals surface area contributed by atoms with Crippen LogP contribution >= 0.6 is 0 Å². The van der Waals surface area contributed by atoms with Gasteiger partial charge < -0.3 is 14.7 Å². The minimum absolute atomic E-state index is 0.230. The number of hydrogen-bond acceptors (Lipinski definition) is 5. The van der Waals surface area contributed by atoms with E-state index in [2.05, 4.69) is 4.90 Å². The Morgan fingerprint density at radius 1 is 1.05 bits per heavy atom. The Hall–Kier alpha value is -2.14. The molecule has 0 radical (unpaired) electrons. The zero-order chi connectivity index (χ0) is 14.9. The summed E-state index contributed by atoms with van der Waals surface area (Å²) in [7, 11) is 0. The number of morpholine rings is 1. The minimum atomic E-state index is 0.230. The van der Waals surface area contributed by atoms with E-state index in [1.807, 2.05) is 18.2 Å². The van der Waals surface area contributed by atoms with Crippen molar-refractivity contribution in [2.75, 3.05) is 31.2 Å². The van der Waals surface area contributed by atoms with Gasteiger partial charge in [-0.05, 0) is 31.4 Å². The number of aromatic nitrogens is 2. The van der Waals surface area contributed by atoms with Crippen LogP contribution in [0.1, 0.15) is 17.7 Å². The highest BCUT2D eigenvalue weighted by atomic mass is 16.5. The number of aromatic hydroxyl groups is 1. The van der Waals surface area contributed by atoms with Crippen molar-refractivity contribution in [1.82, 2.24) is 9.97 Å². The molecule has 1 aromatic heterocycles. The summed E-state index contributed by atoms with van der Waals surface area (Å²) >= 11 is 0. The quantitative estimate of drug-likeness (QED) is 0.920. The van der Waals surface area contributed by atoms with E-state index >= 15 is 0 Å². The Morgan fingerprint density at radius 3 is 2.68 bits per heavy atom. The predicted molar refractivity (Wildman–Crippen MR) is 84.2 cm³/mol.